The highest BCUT2D eigenvalue weighted by Gasteiger charge is 2.19. The maximum atomic E-state index is 12.2. The number of ether oxygens (including phenoxy) is 1. The number of amides is 2. The van der Waals surface area contributed by atoms with Crippen LogP contribution in [0, 0.1) is 0 Å². The van der Waals surface area contributed by atoms with E-state index < -0.39 is 5.91 Å². The number of nitrogen functional groups attached to an aromatic ring is 1. The van der Waals surface area contributed by atoms with Gasteiger partial charge in [0.05, 0.1) is 20.6 Å². The van der Waals surface area contributed by atoms with Gasteiger partial charge in [0.1, 0.15) is 10.6 Å². The Labute approximate surface area is 173 Å². The Morgan fingerprint density at radius 1 is 1.21 bits per heavy atom. The molecule has 28 heavy (non-hydrogen) atoms. The summed E-state index contributed by atoms with van der Waals surface area (Å²) < 4.78 is 5.33. The fraction of sp³-hybridized carbons (Fsp3) is 0.176. The lowest BCUT2D eigenvalue weighted by molar-refractivity contribution is -0.119. The normalized spacial score (nSPS) is 10.8. The van der Waals surface area contributed by atoms with E-state index in [0.29, 0.717) is 37.9 Å². The Bertz CT molecular complexity index is 1090. The quantitative estimate of drug-likeness (QED) is 0.540. The molecule has 1 aromatic carbocycles. The minimum atomic E-state index is -0.648. The number of fused-ring (bicyclic) bond motifs is 1. The first kappa shape index (κ1) is 20.1. The maximum absolute atomic E-state index is 12.2. The lowest BCUT2D eigenvalue weighted by Gasteiger charge is -2.11. The highest BCUT2D eigenvalue weighted by Crippen LogP contribution is 2.40. The van der Waals surface area contributed by atoms with E-state index in [4.69, 9.17) is 39.4 Å². The molecule has 2 amide bonds. The number of nitrogens with two attached hydrogens (primary N) is 2. The molecule has 2 heterocycles. The van der Waals surface area contributed by atoms with Gasteiger partial charge in [-0.1, -0.05) is 23.2 Å². The van der Waals surface area contributed by atoms with Crippen LogP contribution >= 0.6 is 34.5 Å². The van der Waals surface area contributed by atoms with Crippen LogP contribution in [-0.4, -0.2) is 34.9 Å². The van der Waals surface area contributed by atoms with Gasteiger partial charge in [-0.05, 0) is 25.1 Å². The minimum Gasteiger partial charge on any atom is -0.482 e. The average molecular weight is 440 g/mol. The summed E-state index contributed by atoms with van der Waals surface area (Å²) in [5.74, 6) is -0.629. The molecule has 8 nitrogen and oxygen atoms in total. The monoisotopic (exact) mass is 439 g/mol. The Kier molecular flexibility index (Phi) is 5.87. The van der Waals surface area contributed by atoms with E-state index in [9.17, 15) is 9.59 Å². The van der Waals surface area contributed by atoms with Gasteiger partial charge >= 0.3 is 0 Å². The number of halogens is 2. The van der Waals surface area contributed by atoms with Crippen LogP contribution in [0.25, 0.3) is 21.5 Å². The molecule has 146 valence electrons. The number of rotatable bonds is 6. The number of nitrogens with one attached hydrogen (secondary N) is 1. The number of anilines is 1. The first-order valence-electron chi connectivity index (χ1n) is 8.06. The summed E-state index contributed by atoms with van der Waals surface area (Å²) >= 11 is 13.7. The number of carbonyl (C=O) groups excluding carboxylic acids is 2. The van der Waals surface area contributed by atoms with Crippen molar-refractivity contribution in [1.82, 2.24) is 15.3 Å². The predicted octanol–water partition coefficient (Wildman–Crippen LogP) is 2.86. The van der Waals surface area contributed by atoms with Gasteiger partial charge in [0.15, 0.2) is 6.61 Å². The number of benzene rings is 1. The van der Waals surface area contributed by atoms with E-state index in [1.165, 1.54) is 23.5 Å². The van der Waals surface area contributed by atoms with E-state index in [-0.39, 0.29) is 29.2 Å². The number of carbonyl (C=O) groups is 2. The molecule has 0 saturated heterocycles. The molecular formula is C17H15Cl2N5O3S. The first-order valence-corrected chi connectivity index (χ1v) is 9.63. The Hall–Kier alpha value is -2.62. The van der Waals surface area contributed by atoms with E-state index in [2.05, 4.69) is 15.3 Å². The zero-order valence-electron chi connectivity index (χ0n) is 14.6. The Morgan fingerprint density at radius 2 is 1.96 bits per heavy atom. The van der Waals surface area contributed by atoms with Crippen molar-refractivity contribution in [2.45, 2.75) is 6.92 Å². The van der Waals surface area contributed by atoms with Gasteiger partial charge in [-0.15, -0.1) is 11.3 Å². The molecule has 2 aromatic heterocycles. The van der Waals surface area contributed by atoms with Crippen LogP contribution in [0.1, 0.15) is 16.6 Å². The topological polar surface area (TPSA) is 133 Å². The third-order valence-electron chi connectivity index (χ3n) is 3.62. The molecular weight excluding hydrogens is 425 g/mol. The zero-order chi connectivity index (χ0) is 20.4. The SMILES string of the molecule is CCNC(=O)c1cc2c(-c3cc(OCC(N)=O)c(Cl)cc3Cl)nc(N)nc2s1. The van der Waals surface area contributed by atoms with Crippen molar-refractivity contribution < 1.29 is 14.3 Å². The number of hydrogen-bond acceptors (Lipinski definition) is 7. The zero-order valence-corrected chi connectivity index (χ0v) is 16.9. The molecule has 0 bridgehead atoms. The van der Waals surface area contributed by atoms with Crippen LogP contribution in [0.5, 0.6) is 5.75 Å². The minimum absolute atomic E-state index is 0.0254. The van der Waals surface area contributed by atoms with Crippen LogP contribution in [-0.2, 0) is 4.79 Å². The predicted molar refractivity (Wildman–Crippen MR) is 110 cm³/mol. The van der Waals surface area contributed by atoms with Gasteiger partial charge in [0, 0.05) is 17.5 Å². The first-order chi connectivity index (χ1) is 13.3. The molecule has 3 aromatic rings. The highest BCUT2D eigenvalue weighted by molar-refractivity contribution is 7.20. The smallest absolute Gasteiger partial charge is 0.261 e. The summed E-state index contributed by atoms with van der Waals surface area (Å²) in [7, 11) is 0. The fourth-order valence-electron chi connectivity index (χ4n) is 2.47. The van der Waals surface area contributed by atoms with Crippen LogP contribution < -0.4 is 21.5 Å². The molecule has 0 atom stereocenters. The lowest BCUT2D eigenvalue weighted by Crippen LogP contribution is -2.21. The largest absolute Gasteiger partial charge is 0.482 e. The third kappa shape index (κ3) is 4.11. The summed E-state index contributed by atoms with van der Waals surface area (Å²) in [6, 6.07) is 4.68. The Balaban J connectivity index is 2.15. The van der Waals surface area contributed by atoms with E-state index in [0.717, 1.165) is 0 Å². The molecule has 0 radical (unpaired) electrons. The number of primary amides is 1. The van der Waals surface area contributed by atoms with Crippen molar-refractivity contribution in [2.24, 2.45) is 5.73 Å². The number of nitrogens with zero attached hydrogens (tertiary/aromatic N) is 2. The van der Waals surface area contributed by atoms with E-state index in [1.807, 2.05) is 6.92 Å². The Morgan fingerprint density at radius 3 is 2.64 bits per heavy atom. The molecule has 0 unspecified atom stereocenters. The van der Waals surface area contributed by atoms with Crippen LogP contribution in [0.4, 0.5) is 5.95 Å². The summed E-state index contributed by atoms with van der Waals surface area (Å²) in [5.41, 5.74) is 11.8. The van der Waals surface area contributed by atoms with Crippen molar-refractivity contribution in [3.8, 4) is 17.0 Å². The van der Waals surface area contributed by atoms with Gasteiger partial charge in [-0.3, -0.25) is 9.59 Å². The number of aromatic nitrogens is 2. The second-order valence-electron chi connectivity index (χ2n) is 5.64. The van der Waals surface area contributed by atoms with Crippen molar-refractivity contribution in [2.75, 3.05) is 18.9 Å². The number of hydrogen-bond donors (Lipinski definition) is 3. The molecule has 11 heteroatoms. The van der Waals surface area contributed by atoms with Crippen molar-refractivity contribution >= 4 is 62.5 Å². The fourth-order valence-corrected chi connectivity index (χ4v) is 3.95. The van der Waals surface area contributed by atoms with Crippen molar-refractivity contribution in [3.63, 3.8) is 0 Å². The van der Waals surface area contributed by atoms with Gasteiger partial charge in [0.2, 0.25) is 5.95 Å². The molecule has 0 spiro atoms. The van der Waals surface area contributed by atoms with Crippen LogP contribution in [0.15, 0.2) is 18.2 Å². The van der Waals surface area contributed by atoms with Gasteiger partial charge < -0.3 is 21.5 Å². The molecule has 0 aliphatic heterocycles. The van der Waals surface area contributed by atoms with Gasteiger partial charge in [0.25, 0.3) is 11.8 Å². The highest BCUT2D eigenvalue weighted by atomic mass is 35.5. The molecule has 0 aliphatic rings. The summed E-state index contributed by atoms with van der Waals surface area (Å²) in [4.78, 5) is 32.7. The summed E-state index contributed by atoms with van der Waals surface area (Å²) in [6.45, 7) is 1.98. The summed E-state index contributed by atoms with van der Waals surface area (Å²) in [6.07, 6.45) is 0. The standard InChI is InChI=1S/C17H15Cl2N5O3S/c1-2-22-15(26)12-4-8-14(23-17(21)24-16(8)28-12)7-3-11(27-6-13(20)25)10(19)5-9(7)18/h3-5H,2,6H2,1H3,(H2,20,25)(H,22,26)(H2,21,23,24). The van der Waals surface area contributed by atoms with Crippen LogP contribution in [0.3, 0.4) is 0 Å². The third-order valence-corrected chi connectivity index (χ3v) is 5.25. The van der Waals surface area contributed by atoms with E-state index in [1.54, 1.807) is 6.07 Å². The van der Waals surface area contributed by atoms with Crippen LogP contribution in [0.2, 0.25) is 10.0 Å². The molecule has 0 saturated carbocycles. The molecule has 0 aliphatic carbocycles. The molecule has 3 rings (SSSR count). The average Bonchev–Trinajstić information content (AvgIpc) is 3.04. The second kappa shape index (κ2) is 8.17. The molecule has 0 fully saturated rings. The number of thiophene rings is 1. The van der Waals surface area contributed by atoms with Crippen molar-refractivity contribution in [1.29, 1.82) is 0 Å². The maximum Gasteiger partial charge on any atom is 0.261 e. The summed E-state index contributed by atoms with van der Waals surface area (Å²) in [5, 5.41) is 3.84. The second-order valence-corrected chi connectivity index (χ2v) is 7.48. The lowest BCUT2D eigenvalue weighted by atomic mass is 10.1. The van der Waals surface area contributed by atoms with E-state index >= 15 is 0 Å². The van der Waals surface area contributed by atoms with Gasteiger partial charge in [-0.2, -0.15) is 0 Å². The molecule has 5 N–H and O–H groups in total. The van der Waals surface area contributed by atoms with Gasteiger partial charge in [-0.25, -0.2) is 9.97 Å². The van der Waals surface area contributed by atoms with Crippen molar-refractivity contribution in [3.05, 3.63) is 33.1 Å².